The lowest BCUT2D eigenvalue weighted by Crippen LogP contribution is -2.33. The van der Waals surface area contributed by atoms with E-state index in [1.807, 2.05) is 35.7 Å². The average molecular weight is 343 g/mol. The molecule has 0 aliphatic heterocycles. The minimum Gasteiger partial charge on any atom is -0.241 e. The van der Waals surface area contributed by atoms with Gasteiger partial charge in [-0.05, 0) is 0 Å². The Bertz CT molecular complexity index is 699. The molecule has 1 aromatic carbocycles. The Kier molecular flexibility index (Phi) is 5.39. The molecular formula is C14H15ClN2O2S2. The first-order valence-corrected chi connectivity index (χ1v) is 9.29. The highest BCUT2D eigenvalue weighted by Crippen LogP contribution is 2.29. The topological polar surface area (TPSA) is 50.3 Å². The maximum atomic E-state index is 12.2. The number of hydrogen-bond donors (Lipinski definition) is 0. The summed E-state index contributed by atoms with van der Waals surface area (Å²) in [5, 5.41) is 2.27. The number of hydrogen-bond acceptors (Lipinski definition) is 4. The van der Waals surface area contributed by atoms with Crippen LogP contribution in [0.25, 0.3) is 11.3 Å². The van der Waals surface area contributed by atoms with E-state index in [0.717, 1.165) is 11.3 Å². The highest BCUT2D eigenvalue weighted by Gasteiger charge is 2.23. The molecular weight excluding hydrogens is 328 g/mol. The number of aromatic nitrogens is 1. The molecule has 2 aromatic rings. The molecule has 112 valence electrons. The van der Waals surface area contributed by atoms with Crippen molar-refractivity contribution in [1.82, 2.24) is 4.98 Å². The van der Waals surface area contributed by atoms with Crippen molar-refractivity contribution in [3.8, 4) is 11.3 Å². The quantitative estimate of drug-likeness (QED) is 0.572. The molecule has 21 heavy (non-hydrogen) atoms. The van der Waals surface area contributed by atoms with Gasteiger partial charge in [0.15, 0.2) is 5.13 Å². The first-order valence-electron chi connectivity index (χ1n) is 6.26. The van der Waals surface area contributed by atoms with E-state index in [1.165, 1.54) is 21.7 Å². The number of rotatable bonds is 7. The van der Waals surface area contributed by atoms with Crippen LogP contribution in [0.5, 0.6) is 0 Å². The Morgan fingerprint density at radius 3 is 2.67 bits per heavy atom. The third-order valence-corrected chi connectivity index (χ3v) is 5.85. The molecule has 0 bridgehead atoms. The molecule has 0 fully saturated rings. The molecule has 0 aliphatic carbocycles. The van der Waals surface area contributed by atoms with Crippen molar-refractivity contribution >= 4 is 38.1 Å². The van der Waals surface area contributed by atoms with Gasteiger partial charge in [-0.25, -0.2) is 17.7 Å². The molecule has 0 aliphatic rings. The van der Waals surface area contributed by atoms with E-state index in [2.05, 4.69) is 11.6 Å². The van der Waals surface area contributed by atoms with Crippen LogP contribution < -0.4 is 4.31 Å². The van der Waals surface area contributed by atoms with Gasteiger partial charge in [-0.1, -0.05) is 36.4 Å². The predicted molar refractivity (Wildman–Crippen MR) is 89.6 cm³/mol. The van der Waals surface area contributed by atoms with Crippen LogP contribution in [0, 0.1) is 0 Å². The van der Waals surface area contributed by atoms with E-state index in [4.69, 9.17) is 11.6 Å². The van der Waals surface area contributed by atoms with Crippen LogP contribution in [-0.4, -0.2) is 31.6 Å². The summed E-state index contributed by atoms with van der Waals surface area (Å²) in [6, 6.07) is 9.62. The van der Waals surface area contributed by atoms with Gasteiger partial charge in [0.25, 0.3) is 0 Å². The fourth-order valence-corrected chi connectivity index (χ4v) is 4.59. The minimum atomic E-state index is -3.48. The maximum absolute atomic E-state index is 12.2. The van der Waals surface area contributed by atoms with Gasteiger partial charge in [-0.15, -0.1) is 29.5 Å². The molecule has 1 heterocycles. The van der Waals surface area contributed by atoms with Gasteiger partial charge < -0.3 is 0 Å². The van der Waals surface area contributed by atoms with Gasteiger partial charge in [0.2, 0.25) is 10.0 Å². The Labute approximate surface area is 133 Å². The van der Waals surface area contributed by atoms with E-state index in [-0.39, 0.29) is 18.2 Å². The van der Waals surface area contributed by atoms with Crippen molar-refractivity contribution < 1.29 is 8.42 Å². The monoisotopic (exact) mass is 342 g/mol. The van der Waals surface area contributed by atoms with Crippen LogP contribution in [-0.2, 0) is 10.0 Å². The SMILES string of the molecule is C=CCN(c1nc(-c2ccccc2)cs1)S(=O)(=O)CCCl. The van der Waals surface area contributed by atoms with E-state index in [9.17, 15) is 8.42 Å². The average Bonchev–Trinajstić information content (AvgIpc) is 2.94. The van der Waals surface area contributed by atoms with Gasteiger partial charge in [-0.3, -0.25) is 0 Å². The molecule has 0 radical (unpaired) electrons. The smallest absolute Gasteiger partial charge is 0.238 e. The van der Waals surface area contributed by atoms with Crippen molar-refractivity contribution in [3.05, 3.63) is 48.4 Å². The third kappa shape index (κ3) is 3.84. The first-order chi connectivity index (χ1) is 10.1. The van der Waals surface area contributed by atoms with E-state index < -0.39 is 10.0 Å². The second-order valence-corrected chi connectivity index (χ2v) is 7.43. The van der Waals surface area contributed by atoms with Gasteiger partial charge >= 0.3 is 0 Å². The molecule has 0 unspecified atom stereocenters. The maximum Gasteiger partial charge on any atom is 0.238 e. The van der Waals surface area contributed by atoms with Crippen LogP contribution in [0.3, 0.4) is 0 Å². The fourth-order valence-electron chi connectivity index (χ4n) is 1.76. The van der Waals surface area contributed by atoms with Gasteiger partial charge in [0, 0.05) is 16.8 Å². The van der Waals surface area contributed by atoms with Gasteiger partial charge in [0.05, 0.1) is 18.0 Å². The van der Waals surface area contributed by atoms with E-state index >= 15 is 0 Å². The van der Waals surface area contributed by atoms with Gasteiger partial charge in [0.1, 0.15) is 0 Å². The molecule has 0 amide bonds. The van der Waals surface area contributed by atoms with Crippen LogP contribution >= 0.6 is 22.9 Å². The zero-order valence-electron chi connectivity index (χ0n) is 11.3. The minimum absolute atomic E-state index is 0.0485. The largest absolute Gasteiger partial charge is 0.241 e. The predicted octanol–water partition coefficient (Wildman–Crippen LogP) is 3.37. The lowest BCUT2D eigenvalue weighted by Gasteiger charge is -2.19. The standard InChI is InChI=1S/C14H15ClN2O2S2/c1-2-9-17(21(18,19)10-8-15)14-16-13(11-20-14)12-6-4-3-5-7-12/h2-7,11H,1,8-10H2. The van der Waals surface area contributed by atoms with Crippen LogP contribution in [0.2, 0.25) is 0 Å². The number of benzene rings is 1. The van der Waals surface area contributed by atoms with Crippen molar-refractivity contribution in [2.24, 2.45) is 0 Å². The van der Waals surface area contributed by atoms with Crippen LogP contribution in [0.1, 0.15) is 0 Å². The normalized spacial score (nSPS) is 11.3. The van der Waals surface area contributed by atoms with Crippen molar-refractivity contribution in [1.29, 1.82) is 0 Å². The zero-order chi connectivity index (χ0) is 15.3. The number of anilines is 1. The Morgan fingerprint density at radius 1 is 1.33 bits per heavy atom. The van der Waals surface area contributed by atoms with Crippen LogP contribution in [0.4, 0.5) is 5.13 Å². The van der Waals surface area contributed by atoms with Crippen molar-refractivity contribution in [2.75, 3.05) is 22.5 Å². The Hall–Kier alpha value is -1.37. The molecule has 7 heteroatoms. The number of nitrogens with zero attached hydrogens (tertiary/aromatic N) is 2. The summed E-state index contributed by atoms with van der Waals surface area (Å²) in [6.45, 7) is 3.78. The van der Waals surface area contributed by atoms with Crippen molar-refractivity contribution in [2.45, 2.75) is 0 Å². The molecule has 0 spiro atoms. The summed E-state index contributed by atoms with van der Waals surface area (Å²) < 4.78 is 25.7. The molecule has 0 saturated heterocycles. The second kappa shape index (κ2) is 7.06. The Morgan fingerprint density at radius 2 is 2.05 bits per heavy atom. The number of thiazole rings is 1. The lowest BCUT2D eigenvalue weighted by atomic mass is 10.2. The van der Waals surface area contributed by atoms with Gasteiger partial charge in [-0.2, -0.15) is 0 Å². The third-order valence-electron chi connectivity index (χ3n) is 2.74. The van der Waals surface area contributed by atoms with E-state index in [0.29, 0.717) is 5.13 Å². The number of sulfonamides is 1. The number of halogens is 1. The number of alkyl halides is 1. The zero-order valence-corrected chi connectivity index (χ0v) is 13.7. The molecule has 0 saturated carbocycles. The summed E-state index contributed by atoms with van der Waals surface area (Å²) in [5.74, 6) is -0.0739. The molecule has 0 N–H and O–H groups in total. The highest BCUT2D eigenvalue weighted by atomic mass is 35.5. The summed E-state index contributed by atoms with van der Waals surface area (Å²) in [6.07, 6.45) is 1.54. The first kappa shape index (κ1) is 16.0. The molecule has 0 atom stereocenters. The summed E-state index contributed by atoms with van der Waals surface area (Å²) in [7, 11) is -3.48. The molecule has 2 rings (SSSR count). The molecule has 4 nitrogen and oxygen atoms in total. The van der Waals surface area contributed by atoms with Crippen molar-refractivity contribution in [3.63, 3.8) is 0 Å². The summed E-state index contributed by atoms with van der Waals surface area (Å²) in [4.78, 5) is 4.42. The highest BCUT2D eigenvalue weighted by molar-refractivity contribution is 7.93. The summed E-state index contributed by atoms with van der Waals surface area (Å²) in [5.41, 5.74) is 1.71. The second-order valence-electron chi connectivity index (χ2n) is 4.21. The van der Waals surface area contributed by atoms with Crippen LogP contribution in [0.15, 0.2) is 48.4 Å². The Balaban J connectivity index is 2.35. The van der Waals surface area contributed by atoms with E-state index in [1.54, 1.807) is 0 Å². The fraction of sp³-hybridized carbons (Fsp3) is 0.214. The lowest BCUT2D eigenvalue weighted by molar-refractivity contribution is 0.594. The summed E-state index contributed by atoms with van der Waals surface area (Å²) >= 11 is 6.86. The molecule has 1 aromatic heterocycles.